The lowest BCUT2D eigenvalue weighted by Gasteiger charge is -2.36. The summed E-state index contributed by atoms with van der Waals surface area (Å²) >= 11 is 0. The Kier molecular flexibility index (Phi) is 3.93. The molecule has 2 heterocycles. The summed E-state index contributed by atoms with van der Waals surface area (Å²) in [6, 6.07) is -1.73. The van der Waals surface area contributed by atoms with Gasteiger partial charge in [0.05, 0.1) is 36.9 Å². The van der Waals surface area contributed by atoms with Crippen LogP contribution in [0.2, 0.25) is 0 Å². The highest BCUT2D eigenvalue weighted by Gasteiger charge is 2.37. The third-order valence-electron chi connectivity index (χ3n) is 3.66. The van der Waals surface area contributed by atoms with E-state index in [1.807, 2.05) is 0 Å². The van der Waals surface area contributed by atoms with Gasteiger partial charge in [-0.15, -0.1) is 0 Å². The highest BCUT2D eigenvalue weighted by Crippen LogP contribution is 2.22. The Morgan fingerprint density at radius 1 is 1.65 bits per heavy atom. The normalized spacial score (nSPS) is 19.4. The molecule has 0 fully saturated rings. The second-order valence-electron chi connectivity index (χ2n) is 4.94. The topological polar surface area (TPSA) is 110 Å². The Morgan fingerprint density at radius 3 is 2.95 bits per heavy atom. The van der Waals surface area contributed by atoms with Crippen LogP contribution in [-0.2, 0) is 17.8 Å². The maximum atomic E-state index is 12.4. The van der Waals surface area contributed by atoms with Crippen molar-refractivity contribution in [1.29, 1.82) is 0 Å². The van der Waals surface area contributed by atoms with E-state index >= 15 is 0 Å². The highest BCUT2D eigenvalue weighted by molar-refractivity contribution is 5.83. The van der Waals surface area contributed by atoms with Gasteiger partial charge in [0, 0.05) is 13.5 Å². The molecule has 0 bridgehead atoms. The largest absolute Gasteiger partial charge is 0.480 e. The number of imidazole rings is 1. The van der Waals surface area contributed by atoms with Gasteiger partial charge in [-0.1, -0.05) is 0 Å². The summed E-state index contributed by atoms with van der Waals surface area (Å²) in [6.45, 7) is 1.69. The summed E-state index contributed by atoms with van der Waals surface area (Å²) in [5.41, 5.74) is 1.43. The van der Waals surface area contributed by atoms with Gasteiger partial charge in [-0.3, -0.25) is 0 Å². The quantitative estimate of drug-likeness (QED) is 0.702. The number of aliphatic hydroxyl groups is 1. The average molecular weight is 282 g/mol. The number of fused-ring (bicyclic) bond motifs is 1. The fraction of sp³-hybridized carbons (Fsp3) is 0.583. The van der Waals surface area contributed by atoms with E-state index in [0.717, 1.165) is 5.69 Å². The first-order chi connectivity index (χ1) is 9.45. The van der Waals surface area contributed by atoms with Gasteiger partial charge in [0.25, 0.3) is 0 Å². The van der Waals surface area contributed by atoms with Crippen molar-refractivity contribution in [3.8, 4) is 0 Å². The van der Waals surface area contributed by atoms with E-state index in [-0.39, 0.29) is 25.6 Å². The van der Waals surface area contributed by atoms with Crippen LogP contribution < -0.4 is 0 Å². The molecule has 8 nitrogen and oxygen atoms in total. The lowest BCUT2D eigenvalue weighted by atomic mass is 10.0. The molecule has 1 aromatic heterocycles. The van der Waals surface area contributed by atoms with Crippen LogP contribution in [0.25, 0.3) is 0 Å². The number of nitrogens with zero attached hydrogens (tertiary/aromatic N) is 3. The molecule has 3 N–H and O–H groups in total. The van der Waals surface area contributed by atoms with Crippen LogP contribution >= 0.6 is 0 Å². The standard InChI is InChI=1S/C12H18N4O4/c1-7(5-17)15(2)12(20)16-4-9-8(13-6-14-9)3-10(16)11(18)19/h6-7,10,17H,3-5H2,1-2H3,(H,13,14)(H,18,19). The molecule has 2 amide bonds. The second kappa shape index (κ2) is 5.49. The van der Waals surface area contributed by atoms with Gasteiger partial charge >= 0.3 is 12.0 Å². The molecule has 0 saturated heterocycles. The summed E-state index contributed by atoms with van der Waals surface area (Å²) in [4.78, 5) is 33.4. The monoisotopic (exact) mass is 282 g/mol. The number of carboxylic acid groups (broad SMARTS) is 1. The van der Waals surface area contributed by atoms with E-state index in [9.17, 15) is 14.7 Å². The summed E-state index contributed by atoms with van der Waals surface area (Å²) in [7, 11) is 1.55. The smallest absolute Gasteiger partial charge is 0.326 e. The van der Waals surface area contributed by atoms with Crippen molar-refractivity contribution in [2.75, 3.05) is 13.7 Å². The van der Waals surface area contributed by atoms with E-state index in [4.69, 9.17) is 5.11 Å². The van der Waals surface area contributed by atoms with Crippen molar-refractivity contribution in [3.63, 3.8) is 0 Å². The zero-order chi connectivity index (χ0) is 14.9. The van der Waals surface area contributed by atoms with Gasteiger partial charge in [0.15, 0.2) is 0 Å². The number of hydrogen-bond donors (Lipinski definition) is 3. The minimum Gasteiger partial charge on any atom is -0.480 e. The maximum absolute atomic E-state index is 12.4. The van der Waals surface area contributed by atoms with Crippen LogP contribution in [0.3, 0.4) is 0 Å². The fourth-order valence-electron chi connectivity index (χ4n) is 2.17. The number of carbonyl (C=O) groups is 2. The number of carbonyl (C=O) groups excluding carboxylic acids is 1. The molecule has 0 spiro atoms. The molecular weight excluding hydrogens is 264 g/mol. The first-order valence-corrected chi connectivity index (χ1v) is 6.34. The summed E-state index contributed by atoms with van der Waals surface area (Å²) < 4.78 is 0. The molecule has 0 aromatic carbocycles. The molecule has 2 rings (SSSR count). The van der Waals surface area contributed by atoms with E-state index in [1.54, 1.807) is 14.0 Å². The minimum absolute atomic E-state index is 0.174. The number of urea groups is 1. The van der Waals surface area contributed by atoms with Crippen molar-refractivity contribution in [2.45, 2.75) is 32.0 Å². The van der Waals surface area contributed by atoms with Gasteiger partial charge < -0.3 is 25.0 Å². The Bertz CT molecular complexity index is 515. The molecule has 0 radical (unpaired) electrons. The number of aromatic amines is 1. The number of amides is 2. The van der Waals surface area contributed by atoms with E-state index in [1.165, 1.54) is 16.1 Å². The SMILES string of the molecule is CC(CO)N(C)C(=O)N1Cc2[nH]cnc2CC1C(=O)O. The molecule has 2 atom stereocenters. The van der Waals surface area contributed by atoms with Gasteiger partial charge in [0.1, 0.15) is 6.04 Å². The maximum Gasteiger partial charge on any atom is 0.326 e. The van der Waals surface area contributed by atoms with Crippen LogP contribution in [0.1, 0.15) is 18.3 Å². The van der Waals surface area contributed by atoms with Crippen molar-refractivity contribution >= 4 is 12.0 Å². The molecule has 1 aliphatic heterocycles. The molecule has 2 unspecified atom stereocenters. The summed E-state index contributed by atoms with van der Waals surface area (Å²) in [5, 5.41) is 18.4. The van der Waals surface area contributed by atoms with E-state index in [2.05, 4.69) is 9.97 Å². The first-order valence-electron chi connectivity index (χ1n) is 6.34. The molecule has 0 saturated carbocycles. The predicted molar refractivity (Wildman–Crippen MR) is 69.0 cm³/mol. The van der Waals surface area contributed by atoms with Gasteiger partial charge in [-0.25, -0.2) is 14.6 Å². The number of hydrogen-bond acceptors (Lipinski definition) is 4. The van der Waals surface area contributed by atoms with Gasteiger partial charge in [0.2, 0.25) is 0 Å². The number of aliphatic hydroxyl groups excluding tert-OH is 1. The average Bonchev–Trinajstić information content (AvgIpc) is 2.90. The Balaban J connectivity index is 2.24. The van der Waals surface area contributed by atoms with Crippen LogP contribution in [0.4, 0.5) is 4.79 Å². The number of aliphatic carboxylic acids is 1. The minimum atomic E-state index is -1.06. The van der Waals surface area contributed by atoms with Crippen LogP contribution in [-0.4, -0.2) is 67.7 Å². The second-order valence-corrected chi connectivity index (χ2v) is 4.94. The number of H-pyrrole nitrogens is 1. The first kappa shape index (κ1) is 14.3. The zero-order valence-corrected chi connectivity index (χ0v) is 11.4. The molecule has 0 aliphatic carbocycles. The third-order valence-corrected chi connectivity index (χ3v) is 3.66. The number of likely N-dealkylation sites (N-methyl/N-ethyl adjacent to an activating group) is 1. The zero-order valence-electron chi connectivity index (χ0n) is 11.4. The van der Waals surface area contributed by atoms with E-state index in [0.29, 0.717) is 5.69 Å². The molecule has 110 valence electrons. The number of nitrogens with one attached hydrogen (secondary N) is 1. The predicted octanol–water partition coefficient (Wildman–Crippen LogP) is -0.346. The lowest BCUT2D eigenvalue weighted by Crippen LogP contribution is -2.54. The van der Waals surface area contributed by atoms with Crippen molar-refractivity contribution in [3.05, 3.63) is 17.7 Å². The lowest BCUT2D eigenvalue weighted by molar-refractivity contribution is -0.143. The fourth-order valence-corrected chi connectivity index (χ4v) is 2.17. The third kappa shape index (κ3) is 2.46. The molecule has 1 aromatic rings. The van der Waals surface area contributed by atoms with Gasteiger partial charge in [-0.2, -0.15) is 0 Å². The van der Waals surface area contributed by atoms with Crippen molar-refractivity contribution in [2.24, 2.45) is 0 Å². The highest BCUT2D eigenvalue weighted by atomic mass is 16.4. The Labute approximate surface area is 116 Å². The van der Waals surface area contributed by atoms with Crippen molar-refractivity contribution in [1.82, 2.24) is 19.8 Å². The molecule has 8 heteroatoms. The number of rotatable bonds is 3. The molecule has 20 heavy (non-hydrogen) atoms. The number of carboxylic acids is 1. The van der Waals surface area contributed by atoms with Crippen LogP contribution in [0.15, 0.2) is 6.33 Å². The molecular formula is C12H18N4O4. The van der Waals surface area contributed by atoms with Crippen LogP contribution in [0.5, 0.6) is 0 Å². The number of aromatic nitrogens is 2. The Hall–Kier alpha value is -2.09. The van der Waals surface area contributed by atoms with Crippen molar-refractivity contribution < 1.29 is 19.8 Å². The van der Waals surface area contributed by atoms with Crippen LogP contribution in [0, 0.1) is 0 Å². The Morgan fingerprint density at radius 2 is 2.35 bits per heavy atom. The van der Waals surface area contributed by atoms with E-state index < -0.39 is 18.0 Å². The summed E-state index contributed by atoms with van der Waals surface area (Å²) in [5.74, 6) is -1.06. The summed E-state index contributed by atoms with van der Waals surface area (Å²) in [6.07, 6.45) is 1.68. The molecule has 1 aliphatic rings. The van der Waals surface area contributed by atoms with Gasteiger partial charge in [-0.05, 0) is 6.92 Å².